The van der Waals surface area contributed by atoms with E-state index in [1.807, 2.05) is 6.92 Å². The fraction of sp³-hybridized carbons (Fsp3) is 0.333. The lowest BCUT2D eigenvalue weighted by Gasteiger charge is -2.29. The molecule has 2 unspecified atom stereocenters. The molecule has 2 aromatic carbocycles. The number of hydrogen-bond acceptors (Lipinski definition) is 6. The van der Waals surface area contributed by atoms with Crippen molar-refractivity contribution in [2.45, 2.75) is 31.0 Å². The topological polar surface area (TPSA) is 116 Å². The minimum Gasteiger partial charge on any atom is -0.493 e. The molecule has 9 heteroatoms. The maximum absolute atomic E-state index is 13.2. The van der Waals surface area contributed by atoms with Crippen LogP contribution in [0.5, 0.6) is 11.5 Å². The van der Waals surface area contributed by atoms with Crippen molar-refractivity contribution in [1.29, 1.82) is 0 Å². The lowest BCUT2D eigenvalue weighted by atomic mass is 10.0. The number of rotatable bonds is 8. The van der Waals surface area contributed by atoms with E-state index in [4.69, 9.17) is 15.2 Å². The van der Waals surface area contributed by atoms with Gasteiger partial charge in [0, 0.05) is 5.56 Å². The third-order valence-electron chi connectivity index (χ3n) is 5.08. The molecule has 2 atom stereocenters. The molecule has 30 heavy (non-hydrogen) atoms. The van der Waals surface area contributed by atoms with E-state index in [9.17, 15) is 18.0 Å². The van der Waals surface area contributed by atoms with Crippen molar-refractivity contribution in [2.24, 2.45) is 5.73 Å². The lowest BCUT2D eigenvalue weighted by molar-refractivity contribution is -0.122. The molecule has 2 amide bonds. The molecule has 160 valence electrons. The van der Waals surface area contributed by atoms with Crippen molar-refractivity contribution >= 4 is 21.7 Å². The monoisotopic (exact) mass is 432 g/mol. The first-order chi connectivity index (χ1) is 14.2. The number of primary amides is 1. The molecule has 0 fully saturated rings. The van der Waals surface area contributed by atoms with Gasteiger partial charge in [-0.15, -0.1) is 0 Å². The minimum absolute atomic E-state index is 0.284. The molecule has 1 aliphatic heterocycles. The SMILES string of the molecule is CCOc1cc(CS(=O)(=O)C(C)N2C(=O)c3ccccc3C2C(N)=O)ccc1OC. The third-order valence-corrected chi connectivity index (χ3v) is 7.08. The van der Waals surface area contributed by atoms with Gasteiger partial charge in [-0.2, -0.15) is 0 Å². The van der Waals surface area contributed by atoms with Crippen LogP contribution in [0.25, 0.3) is 0 Å². The van der Waals surface area contributed by atoms with Crippen LogP contribution in [0.3, 0.4) is 0 Å². The average Bonchev–Trinajstić information content (AvgIpc) is 3.00. The average molecular weight is 432 g/mol. The third kappa shape index (κ3) is 3.85. The number of amides is 2. The zero-order valence-corrected chi connectivity index (χ0v) is 17.8. The lowest BCUT2D eigenvalue weighted by Crippen LogP contribution is -2.45. The Morgan fingerprint density at radius 3 is 2.53 bits per heavy atom. The van der Waals surface area contributed by atoms with Crippen molar-refractivity contribution in [3.8, 4) is 11.5 Å². The Bertz CT molecular complexity index is 1080. The number of ether oxygens (including phenoxy) is 2. The number of carbonyl (C=O) groups excluding carboxylic acids is 2. The Morgan fingerprint density at radius 1 is 1.20 bits per heavy atom. The van der Waals surface area contributed by atoms with Gasteiger partial charge in [-0.3, -0.25) is 9.59 Å². The minimum atomic E-state index is -3.86. The van der Waals surface area contributed by atoms with Crippen LogP contribution in [0.15, 0.2) is 42.5 Å². The molecule has 0 radical (unpaired) electrons. The van der Waals surface area contributed by atoms with E-state index in [0.29, 0.717) is 29.2 Å². The quantitative estimate of drug-likeness (QED) is 0.682. The number of hydrogen-bond donors (Lipinski definition) is 1. The van der Waals surface area contributed by atoms with Gasteiger partial charge in [-0.25, -0.2) is 8.42 Å². The number of nitrogens with zero attached hydrogens (tertiary/aromatic N) is 1. The van der Waals surface area contributed by atoms with E-state index < -0.39 is 33.1 Å². The summed E-state index contributed by atoms with van der Waals surface area (Å²) in [7, 11) is -2.37. The van der Waals surface area contributed by atoms with Crippen LogP contribution in [-0.4, -0.2) is 44.2 Å². The van der Waals surface area contributed by atoms with E-state index in [1.54, 1.807) is 42.5 Å². The Hall–Kier alpha value is -3.07. The van der Waals surface area contributed by atoms with E-state index in [0.717, 1.165) is 4.90 Å². The standard InChI is InChI=1S/C21H24N2O6S/c1-4-29-18-11-14(9-10-17(18)28-3)12-30(26,27)13(2)23-19(20(22)24)15-7-5-6-8-16(15)21(23)25/h5-11,13,19H,4,12H2,1-3H3,(H2,22,24). The Labute approximate surface area is 175 Å². The fourth-order valence-electron chi connectivity index (χ4n) is 3.61. The first-order valence-electron chi connectivity index (χ1n) is 9.43. The van der Waals surface area contributed by atoms with Gasteiger partial charge in [-0.05, 0) is 43.2 Å². The molecule has 0 bridgehead atoms. The molecule has 1 heterocycles. The largest absolute Gasteiger partial charge is 0.493 e. The molecule has 0 aromatic heterocycles. The van der Waals surface area contributed by atoms with Gasteiger partial charge in [-0.1, -0.05) is 24.3 Å². The highest BCUT2D eigenvalue weighted by Gasteiger charge is 2.45. The smallest absolute Gasteiger partial charge is 0.256 e. The number of methoxy groups -OCH3 is 1. The summed E-state index contributed by atoms with van der Waals surface area (Å²) in [4.78, 5) is 26.0. The molecule has 2 aromatic rings. The van der Waals surface area contributed by atoms with Gasteiger partial charge in [0.2, 0.25) is 5.91 Å². The molecule has 0 aliphatic carbocycles. The maximum atomic E-state index is 13.2. The van der Waals surface area contributed by atoms with Gasteiger partial charge >= 0.3 is 0 Å². The predicted octanol–water partition coefficient (Wildman–Crippen LogP) is 2.04. The Balaban J connectivity index is 1.92. The van der Waals surface area contributed by atoms with Crippen molar-refractivity contribution in [3.63, 3.8) is 0 Å². The number of sulfone groups is 1. The zero-order chi connectivity index (χ0) is 22.1. The van der Waals surface area contributed by atoms with Gasteiger partial charge in [0.15, 0.2) is 21.3 Å². The van der Waals surface area contributed by atoms with Crippen LogP contribution >= 0.6 is 0 Å². The van der Waals surface area contributed by atoms with E-state index in [-0.39, 0.29) is 11.3 Å². The second kappa shape index (κ2) is 8.35. The summed E-state index contributed by atoms with van der Waals surface area (Å²) in [6.45, 7) is 3.59. The zero-order valence-electron chi connectivity index (χ0n) is 17.0. The second-order valence-corrected chi connectivity index (χ2v) is 9.23. The number of benzene rings is 2. The van der Waals surface area contributed by atoms with Crippen LogP contribution < -0.4 is 15.2 Å². The molecule has 8 nitrogen and oxygen atoms in total. The highest BCUT2D eigenvalue weighted by atomic mass is 32.2. The fourth-order valence-corrected chi connectivity index (χ4v) is 5.06. The summed E-state index contributed by atoms with van der Waals surface area (Å²) in [5, 5.41) is -1.26. The summed E-state index contributed by atoms with van der Waals surface area (Å²) in [6, 6.07) is 10.2. The summed E-state index contributed by atoms with van der Waals surface area (Å²) < 4.78 is 37.0. The number of carbonyl (C=O) groups is 2. The number of fused-ring (bicyclic) bond motifs is 1. The molecule has 1 aliphatic rings. The highest BCUT2D eigenvalue weighted by Crippen LogP contribution is 2.37. The number of nitrogens with two attached hydrogens (primary N) is 1. The second-order valence-electron chi connectivity index (χ2n) is 6.93. The summed E-state index contributed by atoms with van der Waals surface area (Å²) in [5.41, 5.74) is 6.70. The Morgan fingerprint density at radius 2 is 1.90 bits per heavy atom. The van der Waals surface area contributed by atoms with E-state index in [2.05, 4.69) is 0 Å². The normalized spacial score (nSPS) is 16.8. The molecule has 0 saturated carbocycles. The van der Waals surface area contributed by atoms with E-state index in [1.165, 1.54) is 14.0 Å². The molecular weight excluding hydrogens is 408 g/mol. The van der Waals surface area contributed by atoms with Gasteiger partial charge in [0.05, 0.1) is 19.5 Å². The molecule has 0 spiro atoms. The maximum Gasteiger partial charge on any atom is 0.256 e. The first kappa shape index (κ1) is 21.6. The summed E-state index contributed by atoms with van der Waals surface area (Å²) in [5.74, 6) is -0.734. The van der Waals surface area contributed by atoms with E-state index >= 15 is 0 Å². The van der Waals surface area contributed by atoms with Crippen molar-refractivity contribution in [1.82, 2.24) is 4.90 Å². The van der Waals surface area contributed by atoms with Gasteiger partial charge in [0.25, 0.3) is 5.91 Å². The summed E-state index contributed by atoms with van der Waals surface area (Å²) >= 11 is 0. The summed E-state index contributed by atoms with van der Waals surface area (Å²) in [6.07, 6.45) is 0. The van der Waals surface area contributed by atoms with Crippen molar-refractivity contribution in [3.05, 3.63) is 59.2 Å². The van der Waals surface area contributed by atoms with Crippen molar-refractivity contribution in [2.75, 3.05) is 13.7 Å². The van der Waals surface area contributed by atoms with Gasteiger partial charge in [0.1, 0.15) is 11.4 Å². The van der Waals surface area contributed by atoms with Crippen LogP contribution in [0, 0.1) is 0 Å². The Kier molecular flexibility index (Phi) is 6.02. The van der Waals surface area contributed by atoms with Crippen LogP contribution in [0.4, 0.5) is 0 Å². The highest BCUT2D eigenvalue weighted by molar-refractivity contribution is 7.91. The van der Waals surface area contributed by atoms with Crippen molar-refractivity contribution < 1.29 is 27.5 Å². The van der Waals surface area contributed by atoms with Crippen LogP contribution in [0.1, 0.15) is 41.4 Å². The first-order valence-corrected chi connectivity index (χ1v) is 11.1. The van der Waals surface area contributed by atoms with Crippen LogP contribution in [0.2, 0.25) is 0 Å². The molecule has 0 saturated heterocycles. The molecule has 2 N–H and O–H groups in total. The van der Waals surface area contributed by atoms with Gasteiger partial charge < -0.3 is 20.1 Å². The predicted molar refractivity (Wildman–Crippen MR) is 111 cm³/mol. The van der Waals surface area contributed by atoms with Crippen LogP contribution in [-0.2, 0) is 20.4 Å². The molecule has 3 rings (SSSR count). The molecular formula is C21H24N2O6S.